The molecule has 6 nitrogen and oxygen atoms in total. The first-order chi connectivity index (χ1) is 8.84. The zero-order chi connectivity index (χ0) is 14.6. The van der Waals surface area contributed by atoms with Gasteiger partial charge in [-0.05, 0) is 20.8 Å². The second-order valence-electron chi connectivity index (χ2n) is 4.94. The predicted octanol–water partition coefficient (Wildman–Crippen LogP) is 0.818. The van der Waals surface area contributed by atoms with Crippen LogP contribution in [0, 0.1) is 13.8 Å². The number of nitrogens with one attached hydrogen (secondary N) is 1. The van der Waals surface area contributed by atoms with Crippen molar-refractivity contribution in [2.24, 2.45) is 7.05 Å². The highest BCUT2D eigenvalue weighted by Crippen LogP contribution is 2.13. The van der Waals surface area contributed by atoms with Crippen molar-refractivity contribution in [2.75, 3.05) is 27.4 Å². The second kappa shape index (κ2) is 6.16. The molecule has 0 spiro atoms. The lowest BCUT2D eigenvalue weighted by molar-refractivity contribution is -0.0479. The number of hydrogen-bond donors (Lipinski definition) is 1. The summed E-state index contributed by atoms with van der Waals surface area (Å²) in [4.78, 5) is 12.2. The fraction of sp³-hybridized carbons (Fsp3) is 0.692. The standard InChI is InChI=1S/C13H23N3O3/c1-9-11(10(2)16(4)15-9)12(17)14-7-13(3,19-6)8-18-5/h7-8H2,1-6H3,(H,14,17)/t13-/m0/s1. The van der Waals surface area contributed by atoms with Crippen LogP contribution in [0.5, 0.6) is 0 Å². The number of carbonyl (C=O) groups excluding carboxylic acids is 1. The number of amides is 1. The molecule has 0 fully saturated rings. The number of rotatable bonds is 6. The normalized spacial score (nSPS) is 14.2. The van der Waals surface area contributed by atoms with Gasteiger partial charge in [0.25, 0.3) is 5.91 Å². The molecule has 0 saturated heterocycles. The fourth-order valence-corrected chi connectivity index (χ4v) is 1.95. The van der Waals surface area contributed by atoms with Crippen LogP contribution in [0.2, 0.25) is 0 Å². The lowest BCUT2D eigenvalue weighted by Crippen LogP contribution is -2.45. The van der Waals surface area contributed by atoms with E-state index in [-0.39, 0.29) is 5.91 Å². The van der Waals surface area contributed by atoms with Gasteiger partial charge in [0.1, 0.15) is 5.60 Å². The van der Waals surface area contributed by atoms with Gasteiger partial charge in [-0.1, -0.05) is 0 Å². The highest BCUT2D eigenvalue weighted by Gasteiger charge is 2.26. The van der Waals surface area contributed by atoms with Crippen molar-refractivity contribution >= 4 is 5.91 Å². The SMILES string of the molecule is COC[C@](C)(CNC(=O)c1c(C)nn(C)c1C)OC. The summed E-state index contributed by atoms with van der Waals surface area (Å²) in [6.45, 7) is 6.38. The second-order valence-corrected chi connectivity index (χ2v) is 4.94. The number of hydrogen-bond acceptors (Lipinski definition) is 4. The predicted molar refractivity (Wildman–Crippen MR) is 72.3 cm³/mol. The van der Waals surface area contributed by atoms with Gasteiger partial charge < -0.3 is 14.8 Å². The summed E-state index contributed by atoms with van der Waals surface area (Å²) in [5.74, 6) is -0.137. The van der Waals surface area contributed by atoms with Crippen molar-refractivity contribution in [2.45, 2.75) is 26.4 Å². The Morgan fingerprint density at radius 3 is 2.47 bits per heavy atom. The third-order valence-corrected chi connectivity index (χ3v) is 3.30. The summed E-state index contributed by atoms with van der Waals surface area (Å²) >= 11 is 0. The van der Waals surface area contributed by atoms with Gasteiger partial charge in [-0.25, -0.2) is 0 Å². The number of ether oxygens (including phenoxy) is 2. The quantitative estimate of drug-likeness (QED) is 0.830. The summed E-state index contributed by atoms with van der Waals surface area (Å²) in [5, 5.41) is 7.11. The molecule has 1 amide bonds. The number of nitrogens with zero attached hydrogens (tertiary/aromatic N) is 2. The minimum atomic E-state index is -0.533. The van der Waals surface area contributed by atoms with E-state index in [1.165, 1.54) is 0 Å². The zero-order valence-corrected chi connectivity index (χ0v) is 12.5. The molecule has 1 heterocycles. The highest BCUT2D eigenvalue weighted by molar-refractivity contribution is 5.96. The first-order valence-corrected chi connectivity index (χ1v) is 6.17. The molecule has 1 aromatic rings. The highest BCUT2D eigenvalue weighted by atomic mass is 16.5. The van der Waals surface area contributed by atoms with Crippen LogP contribution < -0.4 is 5.32 Å². The van der Waals surface area contributed by atoms with Crippen LogP contribution in [0.4, 0.5) is 0 Å². The van der Waals surface area contributed by atoms with Crippen molar-refractivity contribution in [1.29, 1.82) is 0 Å². The number of aromatic nitrogens is 2. The van der Waals surface area contributed by atoms with E-state index in [9.17, 15) is 4.79 Å². The first-order valence-electron chi connectivity index (χ1n) is 6.17. The molecule has 0 unspecified atom stereocenters. The maximum absolute atomic E-state index is 12.2. The molecule has 0 radical (unpaired) electrons. The monoisotopic (exact) mass is 269 g/mol. The molecule has 0 aromatic carbocycles. The lowest BCUT2D eigenvalue weighted by atomic mass is 10.1. The lowest BCUT2D eigenvalue weighted by Gasteiger charge is -2.27. The topological polar surface area (TPSA) is 65.4 Å². The van der Waals surface area contributed by atoms with E-state index < -0.39 is 5.60 Å². The summed E-state index contributed by atoms with van der Waals surface area (Å²) < 4.78 is 12.2. The first kappa shape index (κ1) is 15.7. The summed E-state index contributed by atoms with van der Waals surface area (Å²) in [6, 6.07) is 0. The third kappa shape index (κ3) is 3.54. The number of aryl methyl sites for hydroxylation is 2. The molecule has 0 bridgehead atoms. The van der Waals surface area contributed by atoms with Crippen LogP contribution in [-0.4, -0.2) is 48.7 Å². The van der Waals surface area contributed by atoms with Crippen molar-refractivity contribution in [3.8, 4) is 0 Å². The summed E-state index contributed by atoms with van der Waals surface area (Å²) in [6.07, 6.45) is 0. The Morgan fingerprint density at radius 1 is 1.42 bits per heavy atom. The molecule has 0 aliphatic heterocycles. The third-order valence-electron chi connectivity index (χ3n) is 3.30. The average Bonchev–Trinajstić information content (AvgIpc) is 2.61. The maximum Gasteiger partial charge on any atom is 0.255 e. The molecule has 108 valence electrons. The van der Waals surface area contributed by atoms with Crippen molar-refractivity contribution in [3.05, 3.63) is 17.0 Å². The Hall–Kier alpha value is -1.40. The smallest absolute Gasteiger partial charge is 0.255 e. The maximum atomic E-state index is 12.2. The van der Waals surface area contributed by atoms with Gasteiger partial charge in [0, 0.05) is 33.5 Å². The summed E-state index contributed by atoms with van der Waals surface area (Å²) in [5.41, 5.74) is 1.66. The van der Waals surface area contributed by atoms with E-state index in [1.54, 1.807) is 18.9 Å². The number of carbonyl (C=O) groups is 1. The van der Waals surface area contributed by atoms with Gasteiger partial charge >= 0.3 is 0 Å². The van der Waals surface area contributed by atoms with E-state index in [2.05, 4.69) is 10.4 Å². The molecule has 6 heteroatoms. The molecule has 0 saturated carbocycles. The van der Waals surface area contributed by atoms with Crippen LogP contribution in [0.15, 0.2) is 0 Å². The van der Waals surface area contributed by atoms with Gasteiger partial charge in [-0.3, -0.25) is 9.48 Å². The van der Waals surface area contributed by atoms with Crippen molar-refractivity contribution < 1.29 is 14.3 Å². The number of methoxy groups -OCH3 is 2. The molecular formula is C13H23N3O3. The Bertz CT molecular complexity index is 456. The van der Waals surface area contributed by atoms with E-state index in [0.717, 1.165) is 11.4 Å². The van der Waals surface area contributed by atoms with E-state index >= 15 is 0 Å². The fourth-order valence-electron chi connectivity index (χ4n) is 1.95. The van der Waals surface area contributed by atoms with Gasteiger partial charge in [0.05, 0.1) is 17.9 Å². The van der Waals surface area contributed by atoms with E-state index in [1.807, 2.05) is 27.8 Å². The summed E-state index contributed by atoms with van der Waals surface area (Å²) in [7, 11) is 5.03. The molecule has 0 aliphatic carbocycles. The Kier molecular flexibility index (Phi) is 5.08. The minimum Gasteiger partial charge on any atom is -0.382 e. The molecule has 1 aromatic heterocycles. The van der Waals surface area contributed by atoms with E-state index in [4.69, 9.17) is 9.47 Å². The van der Waals surface area contributed by atoms with Gasteiger partial charge in [-0.15, -0.1) is 0 Å². The molecule has 1 N–H and O–H groups in total. The Labute approximate surface area is 114 Å². The largest absolute Gasteiger partial charge is 0.382 e. The molecule has 1 atom stereocenters. The van der Waals surface area contributed by atoms with Crippen LogP contribution in [0.3, 0.4) is 0 Å². The molecule has 1 rings (SSSR count). The van der Waals surface area contributed by atoms with Crippen LogP contribution >= 0.6 is 0 Å². The van der Waals surface area contributed by atoms with Crippen LogP contribution in [0.1, 0.15) is 28.7 Å². The minimum absolute atomic E-state index is 0.137. The average molecular weight is 269 g/mol. The van der Waals surface area contributed by atoms with Gasteiger partial charge in [0.15, 0.2) is 0 Å². The molecule has 19 heavy (non-hydrogen) atoms. The van der Waals surface area contributed by atoms with Crippen molar-refractivity contribution in [3.63, 3.8) is 0 Å². The van der Waals surface area contributed by atoms with Crippen molar-refractivity contribution in [1.82, 2.24) is 15.1 Å². The van der Waals surface area contributed by atoms with Gasteiger partial charge in [-0.2, -0.15) is 5.10 Å². The van der Waals surface area contributed by atoms with Gasteiger partial charge in [0.2, 0.25) is 0 Å². The molecule has 0 aliphatic rings. The Morgan fingerprint density at radius 2 is 2.05 bits per heavy atom. The van der Waals surface area contributed by atoms with Crippen LogP contribution in [-0.2, 0) is 16.5 Å². The molecular weight excluding hydrogens is 246 g/mol. The Balaban J connectivity index is 2.75. The zero-order valence-electron chi connectivity index (χ0n) is 12.5. The van der Waals surface area contributed by atoms with Crippen LogP contribution in [0.25, 0.3) is 0 Å². The van der Waals surface area contributed by atoms with E-state index in [0.29, 0.717) is 18.7 Å².